The standard InChI is InChI=1S/C13H20N2O2S/c1-9-3-4-11(7-10(9)2)15-6-5-14-13(15)18-8-12(16)17/h5-6,9-11H,3-4,7-8H2,1-2H3,(H,16,17). The molecule has 0 radical (unpaired) electrons. The number of aliphatic carboxylic acids is 1. The lowest BCUT2D eigenvalue weighted by Gasteiger charge is -2.33. The number of carboxylic acids is 1. The smallest absolute Gasteiger partial charge is 0.313 e. The third-order valence-electron chi connectivity index (χ3n) is 3.92. The van der Waals surface area contributed by atoms with Gasteiger partial charge in [0.1, 0.15) is 0 Å². The highest BCUT2D eigenvalue weighted by molar-refractivity contribution is 7.99. The summed E-state index contributed by atoms with van der Waals surface area (Å²) in [5.74, 6) is 0.805. The Hall–Kier alpha value is -0.970. The Morgan fingerprint density at radius 1 is 1.50 bits per heavy atom. The van der Waals surface area contributed by atoms with Crippen LogP contribution < -0.4 is 0 Å². The molecular formula is C13H20N2O2S. The topological polar surface area (TPSA) is 55.1 Å². The van der Waals surface area contributed by atoms with Gasteiger partial charge >= 0.3 is 5.97 Å². The van der Waals surface area contributed by atoms with Gasteiger partial charge in [0.15, 0.2) is 5.16 Å². The fraction of sp³-hybridized carbons (Fsp3) is 0.692. The van der Waals surface area contributed by atoms with Gasteiger partial charge in [-0.15, -0.1) is 0 Å². The van der Waals surface area contributed by atoms with E-state index in [0.717, 1.165) is 23.4 Å². The average Bonchev–Trinajstić information content (AvgIpc) is 2.78. The minimum absolute atomic E-state index is 0.0791. The predicted molar refractivity (Wildman–Crippen MR) is 71.8 cm³/mol. The minimum atomic E-state index is -0.791. The van der Waals surface area contributed by atoms with Crippen LogP contribution in [-0.4, -0.2) is 26.4 Å². The lowest BCUT2D eigenvalue weighted by atomic mass is 9.79. The van der Waals surface area contributed by atoms with E-state index in [4.69, 9.17) is 5.11 Å². The van der Waals surface area contributed by atoms with Crippen LogP contribution in [0.3, 0.4) is 0 Å². The molecule has 5 heteroatoms. The van der Waals surface area contributed by atoms with Gasteiger partial charge in [-0.2, -0.15) is 0 Å². The normalized spacial score (nSPS) is 28.2. The number of aromatic nitrogens is 2. The number of thioether (sulfide) groups is 1. The average molecular weight is 268 g/mol. The summed E-state index contributed by atoms with van der Waals surface area (Å²) >= 11 is 1.31. The first kappa shape index (κ1) is 13.5. The number of rotatable bonds is 4. The first-order valence-electron chi connectivity index (χ1n) is 6.45. The van der Waals surface area contributed by atoms with Gasteiger partial charge in [0.2, 0.25) is 0 Å². The van der Waals surface area contributed by atoms with Crippen LogP contribution in [0.25, 0.3) is 0 Å². The summed E-state index contributed by atoms with van der Waals surface area (Å²) < 4.78 is 2.16. The lowest BCUT2D eigenvalue weighted by molar-refractivity contribution is -0.133. The zero-order valence-electron chi connectivity index (χ0n) is 10.9. The van der Waals surface area contributed by atoms with Crippen molar-refractivity contribution < 1.29 is 9.90 Å². The van der Waals surface area contributed by atoms with E-state index in [2.05, 4.69) is 23.4 Å². The van der Waals surface area contributed by atoms with Crippen LogP contribution in [0, 0.1) is 11.8 Å². The number of carboxylic acid groups (broad SMARTS) is 1. The maximum atomic E-state index is 10.6. The molecule has 0 aromatic carbocycles. The molecule has 18 heavy (non-hydrogen) atoms. The summed E-state index contributed by atoms with van der Waals surface area (Å²) in [6.07, 6.45) is 7.33. The van der Waals surface area contributed by atoms with Crippen molar-refractivity contribution in [2.75, 3.05) is 5.75 Å². The number of hydrogen-bond donors (Lipinski definition) is 1. The van der Waals surface area contributed by atoms with E-state index in [1.807, 2.05) is 6.20 Å². The molecule has 1 fully saturated rings. The highest BCUT2D eigenvalue weighted by Crippen LogP contribution is 2.37. The second-order valence-corrected chi connectivity index (χ2v) is 6.16. The Morgan fingerprint density at radius 2 is 2.28 bits per heavy atom. The number of carbonyl (C=O) groups is 1. The minimum Gasteiger partial charge on any atom is -0.481 e. The van der Waals surface area contributed by atoms with Crippen molar-refractivity contribution >= 4 is 17.7 Å². The molecule has 1 heterocycles. The zero-order valence-corrected chi connectivity index (χ0v) is 11.7. The molecule has 100 valence electrons. The second-order valence-electron chi connectivity index (χ2n) is 5.22. The van der Waals surface area contributed by atoms with Crippen LogP contribution in [0.1, 0.15) is 39.2 Å². The first-order valence-corrected chi connectivity index (χ1v) is 7.44. The summed E-state index contributed by atoms with van der Waals surface area (Å²) in [5, 5.41) is 9.57. The van der Waals surface area contributed by atoms with E-state index < -0.39 is 5.97 Å². The van der Waals surface area contributed by atoms with Crippen molar-refractivity contribution in [1.29, 1.82) is 0 Å². The molecule has 1 aromatic rings. The van der Waals surface area contributed by atoms with Crippen molar-refractivity contribution in [1.82, 2.24) is 9.55 Å². The summed E-state index contributed by atoms with van der Waals surface area (Å²) in [5.41, 5.74) is 0. The molecule has 1 aliphatic carbocycles. The van der Waals surface area contributed by atoms with Crippen molar-refractivity contribution in [3.8, 4) is 0 Å². The second kappa shape index (κ2) is 5.78. The predicted octanol–water partition coefficient (Wildman–Crippen LogP) is 3.06. The summed E-state index contributed by atoms with van der Waals surface area (Å²) in [7, 11) is 0. The van der Waals surface area contributed by atoms with Crippen LogP contribution in [0.4, 0.5) is 0 Å². The SMILES string of the molecule is CC1CCC(n2ccnc2SCC(=O)O)CC1C. The van der Waals surface area contributed by atoms with Crippen LogP contribution in [-0.2, 0) is 4.79 Å². The van der Waals surface area contributed by atoms with Gasteiger partial charge in [0.25, 0.3) is 0 Å². The van der Waals surface area contributed by atoms with E-state index in [1.54, 1.807) is 6.20 Å². The molecule has 4 nitrogen and oxygen atoms in total. The lowest BCUT2D eigenvalue weighted by Crippen LogP contribution is -2.23. The molecule has 1 saturated carbocycles. The molecule has 0 aliphatic heterocycles. The molecule has 3 atom stereocenters. The highest BCUT2D eigenvalue weighted by Gasteiger charge is 2.26. The van der Waals surface area contributed by atoms with Crippen molar-refractivity contribution in [2.45, 2.75) is 44.3 Å². The van der Waals surface area contributed by atoms with Crippen LogP contribution >= 0.6 is 11.8 Å². The summed E-state index contributed by atoms with van der Waals surface area (Å²) in [6.45, 7) is 4.62. The van der Waals surface area contributed by atoms with E-state index in [1.165, 1.54) is 24.6 Å². The molecule has 0 spiro atoms. The van der Waals surface area contributed by atoms with E-state index in [9.17, 15) is 4.79 Å². The van der Waals surface area contributed by atoms with Gasteiger partial charge in [-0.05, 0) is 31.1 Å². The Labute approximate surface area is 112 Å². The molecule has 0 saturated heterocycles. The Morgan fingerprint density at radius 3 is 2.94 bits per heavy atom. The van der Waals surface area contributed by atoms with E-state index >= 15 is 0 Å². The van der Waals surface area contributed by atoms with Gasteiger partial charge in [0.05, 0.1) is 5.75 Å². The Bertz CT molecular complexity index is 419. The van der Waals surface area contributed by atoms with Gasteiger partial charge in [0, 0.05) is 18.4 Å². The van der Waals surface area contributed by atoms with Crippen molar-refractivity contribution in [3.05, 3.63) is 12.4 Å². The fourth-order valence-electron chi connectivity index (χ4n) is 2.59. The Kier molecular flexibility index (Phi) is 4.32. The molecule has 1 N–H and O–H groups in total. The van der Waals surface area contributed by atoms with E-state index in [-0.39, 0.29) is 5.75 Å². The quantitative estimate of drug-likeness (QED) is 0.853. The Balaban J connectivity index is 2.04. The van der Waals surface area contributed by atoms with Crippen LogP contribution in [0.15, 0.2) is 17.6 Å². The van der Waals surface area contributed by atoms with Crippen molar-refractivity contribution in [3.63, 3.8) is 0 Å². The maximum absolute atomic E-state index is 10.6. The van der Waals surface area contributed by atoms with Crippen molar-refractivity contribution in [2.24, 2.45) is 11.8 Å². The number of nitrogens with zero attached hydrogens (tertiary/aromatic N) is 2. The van der Waals surface area contributed by atoms with Gasteiger partial charge in [-0.25, -0.2) is 4.98 Å². The van der Waals surface area contributed by atoms with Gasteiger partial charge < -0.3 is 9.67 Å². The largest absolute Gasteiger partial charge is 0.481 e. The molecule has 2 rings (SSSR count). The third-order valence-corrected chi connectivity index (χ3v) is 4.89. The molecular weight excluding hydrogens is 248 g/mol. The molecule has 0 bridgehead atoms. The molecule has 3 unspecified atom stereocenters. The van der Waals surface area contributed by atoms with Gasteiger partial charge in [-0.3, -0.25) is 4.79 Å². The molecule has 0 amide bonds. The monoisotopic (exact) mass is 268 g/mol. The molecule has 1 aromatic heterocycles. The van der Waals surface area contributed by atoms with Crippen LogP contribution in [0.5, 0.6) is 0 Å². The highest BCUT2D eigenvalue weighted by atomic mass is 32.2. The van der Waals surface area contributed by atoms with E-state index in [0.29, 0.717) is 6.04 Å². The first-order chi connectivity index (χ1) is 8.58. The number of hydrogen-bond acceptors (Lipinski definition) is 3. The van der Waals surface area contributed by atoms with Crippen LogP contribution in [0.2, 0.25) is 0 Å². The maximum Gasteiger partial charge on any atom is 0.313 e. The fourth-order valence-corrected chi connectivity index (χ4v) is 3.33. The van der Waals surface area contributed by atoms with Gasteiger partial charge in [-0.1, -0.05) is 25.6 Å². The number of imidazole rings is 1. The zero-order chi connectivity index (χ0) is 13.1. The summed E-state index contributed by atoms with van der Waals surface area (Å²) in [4.78, 5) is 14.9. The summed E-state index contributed by atoms with van der Waals surface area (Å²) in [6, 6.07) is 0.481. The third kappa shape index (κ3) is 3.07. The molecule has 1 aliphatic rings.